The standard InChI is InChI=1S/C19H25FN4O/c1-19(2,3)16-10-22-17(25-16)11-23-18(21-4)24-15-9-13(15)12-7-5-6-8-14(12)20/h5-8,10,13,15H,9,11H2,1-4H3,(H2,21,23,24). The lowest BCUT2D eigenvalue weighted by molar-refractivity contribution is 0.379. The van der Waals surface area contributed by atoms with Crippen LogP contribution in [0, 0.1) is 5.82 Å². The molecular weight excluding hydrogens is 319 g/mol. The summed E-state index contributed by atoms with van der Waals surface area (Å²) < 4.78 is 19.6. The second kappa shape index (κ2) is 6.86. The zero-order chi connectivity index (χ0) is 18.0. The van der Waals surface area contributed by atoms with E-state index < -0.39 is 0 Å². The third-order valence-corrected chi connectivity index (χ3v) is 4.34. The fourth-order valence-electron chi connectivity index (χ4n) is 2.74. The van der Waals surface area contributed by atoms with Crippen molar-refractivity contribution in [3.8, 4) is 0 Å². The van der Waals surface area contributed by atoms with Crippen LogP contribution in [0.15, 0.2) is 39.9 Å². The van der Waals surface area contributed by atoms with Gasteiger partial charge < -0.3 is 15.1 Å². The second-order valence-corrected chi connectivity index (χ2v) is 7.41. The Hall–Kier alpha value is -2.37. The molecule has 25 heavy (non-hydrogen) atoms. The molecule has 134 valence electrons. The third kappa shape index (κ3) is 4.18. The lowest BCUT2D eigenvalue weighted by Gasteiger charge is -2.13. The zero-order valence-electron chi connectivity index (χ0n) is 15.1. The van der Waals surface area contributed by atoms with Crippen molar-refractivity contribution < 1.29 is 8.81 Å². The minimum absolute atomic E-state index is 0.0633. The molecule has 1 saturated carbocycles. The van der Waals surface area contributed by atoms with E-state index in [0.717, 1.165) is 17.7 Å². The van der Waals surface area contributed by atoms with E-state index >= 15 is 0 Å². The molecule has 1 heterocycles. The summed E-state index contributed by atoms with van der Waals surface area (Å²) in [7, 11) is 1.71. The Morgan fingerprint density at radius 1 is 1.36 bits per heavy atom. The molecule has 1 aliphatic rings. The number of hydrogen-bond acceptors (Lipinski definition) is 3. The predicted octanol–water partition coefficient (Wildman–Crippen LogP) is 3.33. The van der Waals surface area contributed by atoms with Gasteiger partial charge in [-0.1, -0.05) is 39.0 Å². The van der Waals surface area contributed by atoms with Gasteiger partial charge in [0, 0.05) is 24.4 Å². The molecule has 1 aromatic heterocycles. The van der Waals surface area contributed by atoms with Crippen LogP contribution in [0.3, 0.4) is 0 Å². The van der Waals surface area contributed by atoms with E-state index in [-0.39, 0.29) is 23.2 Å². The van der Waals surface area contributed by atoms with E-state index in [1.54, 1.807) is 19.3 Å². The molecule has 5 nitrogen and oxygen atoms in total. The van der Waals surface area contributed by atoms with Crippen molar-refractivity contribution in [2.45, 2.75) is 51.1 Å². The number of oxazole rings is 1. The number of guanidine groups is 1. The van der Waals surface area contributed by atoms with Crippen LogP contribution in [0.25, 0.3) is 0 Å². The quantitative estimate of drug-likeness (QED) is 0.660. The summed E-state index contributed by atoms with van der Waals surface area (Å²) in [5.74, 6) is 2.19. The summed E-state index contributed by atoms with van der Waals surface area (Å²) >= 11 is 0. The highest BCUT2D eigenvalue weighted by atomic mass is 19.1. The minimum atomic E-state index is -0.144. The Labute approximate surface area is 147 Å². The Bertz CT molecular complexity index is 763. The van der Waals surface area contributed by atoms with Crippen LogP contribution < -0.4 is 10.6 Å². The molecule has 0 aliphatic heterocycles. The second-order valence-electron chi connectivity index (χ2n) is 7.41. The lowest BCUT2D eigenvalue weighted by atomic mass is 9.94. The van der Waals surface area contributed by atoms with Gasteiger partial charge in [0.05, 0.1) is 12.7 Å². The number of halogens is 1. The molecule has 1 aromatic carbocycles. The van der Waals surface area contributed by atoms with Crippen molar-refractivity contribution >= 4 is 5.96 Å². The van der Waals surface area contributed by atoms with Crippen LogP contribution in [0.1, 0.15) is 50.3 Å². The summed E-state index contributed by atoms with van der Waals surface area (Å²) in [5.41, 5.74) is 0.699. The molecule has 3 rings (SSSR count). The van der Waals surface area contributed by atoms with Gasteiger partial charge in [0.25, 0.3) is 0 Å². The maximum atomic E-state index is 13.8. The monoisotopic (exact) mass is 344 g/mol. The van der Waals surface area contributed by atoms with Crippen LogP contribution in [0.5, 0.6) is 0 Å². The molecule has 0 amide bonds. The highest BCUT2D eigenvalue weighted by molar-refractivity contribution is 5.80. The maximum Gasteiger partial charge on any atom is 0.213 e. The van der Waals surface area contributed by atoms with Gasteiger partial charge in [-0.3, -0.25) is 4.99 Å². The number of rotatable bonds is 4. The molecule has 2 atom stereocenters. The van der Waals surface area contributed by atoms with E-state index in [2.05, 4.69) is 41.4 Å². The number of benzene rings is 1. The van der Waals surface area contributed by atoms with Crippen molar-refractivity contribution in [1.82, 2.24) is 15.6 Å². The topological polar surface area (TPSA) is 62.5 Å². The number of aliphatic imine (C=N–C) groups is 1. The summed E-state index contributed by atoms with van der Waals surface area (Å²) in [6.45, 7) is 6.70. The van der Waals surface area contributed by atoms with E-state index in [9.17, 15) is 4.39 Å². The average Bonchev–Trinajstić information content (AvgIpc) is 3.14. The van der Waals surface area contributed by atoms with Crippen molar-refractivity contribution in [1.29, 1.82) is 0 Å². The predicted molar refractivity (Wildman–Crippen MR) is 96.1 cm³/mol. The number of hydrogen-bond donors (Lipinski definition) is 2. The molecule has 2 unspecified atom stereocenters. The normalized spacial score (nSPS) is 20.4. The van der Waals surface area contributed by atoms with E-state index in [4.69, 9.17) is 4.42 Å². The molecule has 0 bridgehead atoms. The van der Waals surface area contributed by atoms with E-state index in [0.29, 0.717) is 18.4 Å². The highest BCUT2D eigenvalue weighted by Gasteiger charge is 2.40. The summed E-state index contributed by atoms with van der Waals surface area (Å²) in [4.78, 5) is 8.52. The number of nitrogens with zero attached hydrogens (tertiary/aromatic N) is 2. The molecule has 2 N–H and O–H groups in total. The molecule has 6 heteroatoms. The molecule has 0 saturated heterocycles. The number of nitrogens with one attached hydrogen (secondary N) is 2. The van der Waals surface area contributed by atoms with Crippen LogP contribution in [0.2, 0.25) is 0 Å². The van der Waals surface area contributed by atoms with Gasteiger partial charge in [0.1, 0.15) is 11.6 Å². The summed E-state index contributed by atoms with van der Waals surface area (Å²) in [6, 6.07) is 7.13. The van der Waals surface area contributed by atoms with Crippen molar-refractivity contribution in [3.05, 3.63) is 53.5 Å². The molecular formula is C19H25FN4O. The Morgan fingerprint density at radius 3 is 2.76 bits per heavy atom. The van der Waals surface area contributed by atoms with Gasteiger partial charge >= 0.3 is 0 Å². The Balaban J connectivity index is 1.53. The Kier molecular flexibility index (Phi) is 4.79. The van der Waals surface area contributed by atoms with Gasteiger partial charge in [-0.2, -0.15) is 0 Å². The minimum Gasteiger partial charge on any atom is -0.443 e. The fourth-order valence-corrected chi connectivity index (χ4v) is 2.74. The van der Waals surface area contributed by atoms with E-state index in [1.807, 2.05) is 12.1 Å². The molecule has 1 fully saturated rings. The van der Waals surface area contributed by atoms with E-state index in [1.165, 1.54) is 6.07 Å². The number of aromatic nitrogens is 1. The lowest BCUT2D eigenvalue weighted by Crippen LogP contribution is -2.38. The average molecular weight is 344 g/mol. The van der Waals surface area contributed by atoms with Crippen molar-refractivity contribution in [3.63, 3.8) is 0 Å². The van der Waals surface area contributed by atoms with Crippen molar-refractivity contribution in [2.75, 3.05) is 7.05 Å². The van der Waals surface area contributed by atoms with Crippen LogP contribution in [0.4, 0.5) is 4.39 Å². The first-order valence-corrected chi connectivity index (χ1v) is 8.55. The first-order chi connectivity index (χ1) is 11.9. The summed E-state index contributed by atoms with van der Waals surface area (Å²) in [6.07, 6.45) is 2.66. The highest BCUT2D eigenvalue weighted by Crippen LogP contribution is 2.41. The molecule has 1 aliphatic carbocycles. The summed E-state index contributed by atoms with van der Waals surface area (Å²) in [5, 5.41) is 6.52. The first-order valence-electron chi connectivity index (χ1n) is 8.55. The Morgan fingerprint density at radius 2 is 2.12 bits per heavy atom. The van der Waals surface area contributed by atoms with Gasteiger partial charge in [-0.05, 0) is 18.1 Å². The first kappa shape index (κ1) is 17.5. The fraction of sp³-hybridized carbons (Fsp3) is 0.474. The molecule has 0 spiro atoms. The van der Waals surface area contributed by atoms with Crippen LogP contribution >= 0.6 is 0 Å². The van der Waals surface area contributed by atoms with Gasteiger partial charge in [-0.25, -0.2) is 9.37 Å². The molecule has 2 aromatic rings. The third-order valence-electron chi connectivity index (χ3n) is 4.34. The van der Waals surface area contributed by atoms with Gasteiger partial charge in [-0.15, -0.1) is 0 Å². The van der Waals surface area contributed by atoms with Gasteiger partial charge in [0.15, 0.2) is 5.96 Å². The van der Waals surface area contributed by atoms with Crippen molar-refractivity contribution in [2.24, 2.45) is 4.99 Å². The largest absolute Gasteiger partial charge is 0.443 e. The van der Waals surface area contributed by atoms with Gasteiger partial charge in [0.2, 0.25) is 5.89 Å². The maximum absolute atomic E-state index is 13.8. The molecule has 0 radical (unpaired) electrons. The van der Waals surface area contributed by atoms with Crippen LogP contribution in [-0.2, 0) is 12.0 Å². The van der Waals surface area contributed by atoms with Crippen LogP contribution in [-0.4, -0.2) is 24.0 Å². The smallest absolute Gasteiger partial charge is 0.213 e. The zero-order valence-corrected chi connectivity index (χ0v) is 15.1. The SMILES string of the molecule is CN=C(NCc1ncc(C(C)(C)C)o1)NC1CC1c1ccccc1F.